The Kier molecular flexibility index (Phi) is 2.80. The van der Waals surface area contributed by atoms with E-state index in [0.29, 0.717) is 0 Å². The number of rotatable bonds is 2. The molecule has 2 aromatic rings. The molecule has 1 aliphatic heterocycles. The lowest BCUT2D eigenvalue weighted by molar-refractivity contribution is 0.277. The lowest BCUT2D eigenvalue weighted by Gasteiger charge is -2.27. The molecule has 1 aliphatic rings. The molecule has 1 aromatic heterocycles. The number of aryl methyl sites for hydroxylation is 1. The molecule has 0 fully saturated rings. The summed E-state index contributed by atoms with van der Waals surface area (Å²) >= 11 is 0. The fourth-order valence-corrected chi connectivity index (χ4v) is 2.52. The molecule has 0 amide bonds. The third kappa shape index (κ3) is 1.88. The number of hydrogen-bond acceptors (Lipinski definition) is 3. The van der Waals surface area contributed by atoms with Gasteiger partial charge >= 0.3 is 0 Å². The van der Waals surface area contributed by atoms with Crippen LogP contribution in [0.4, 0.5) is 5.69 Å². The van der Waals surface area contributed by atoms with E-state index in [2.05, 4.69) is 40.1 Å². The number of aliphatic hydroxyl groups excluding tert-OH is 1. The second-order valence-electron chi connectivity index (χ2n) is 4.78. The van der Waals surface area contributed by atoms with E-state index in [9.17, 15) is 0 Å². The highest BCUT2D eigenvalue weighted by Gasteiger charge is 2.14. The molecule has 4 heteroatoms. The predicted molar refractivity (Wildman–Crippen MR) is 71.5 cm³/mol. The van der Waals surface area contributed by atoms with Crippen LogP contribution in [0.5, 0.6) is 0 Å². The smallest absolute Gasteiger partial charge is 0.137 e. The van der Waals surface area contributed by atoms with Crippen molar-refractivity contribution in [1.29, 1.82) is 0 Å². The Hall–Kier alpha value is -1.81. The largest absolute Gasteiger partial charge is 0.390 e. The van der Waals surface area contributed by atoms with Crippen molar-refractivity contribution in [2.24, 2.45) is 0 Å². The maximum Gasteiger partial charge on any atom is 0.137 e. The van der Waals surface area contributed by atoms with E-state index in [1.165, 1.54) is 17.7 Å². The van der Waals surface area contributed by atoms with Crippen LogP contribution in [0.1, 0.15) is 17.7 Å². The number of H-pyrrole nitrogens is 1. The van der Waals surface area contributed by atoms with Gasteiger partial charge in [0.05, 0.1) is 18.5 Å². The van der Waals surface area contributed by atoms with E-state index in [1.54, 1.807) is 6.20 Å². The van der Waals surface area contributed by atoms with Crippen LogP contribution in [-0.2, 0) is 13.0 Å². The van der Waals surface area contributed by atoms with E-state index in [0.717, 1.165) is 30.0 Å². The first kappa shape index (κ1) is 11.3. The van der Waals surface area contributed by atoms with Crippen molar-refractivity contribution >= 4 is 5.69 Å². The fraction of sp³-hybridized carbons (Fsp3) is 0.357. The summed E-state index contributed by atoms with van der Waals surface area (Å²) in [5, 5.41) is 9.05. The van der Waals surface area contributed by atoms with Gasteiger partial charge in [0, 0.05) is 24.8 Å². The highest BCUT2D eigenvalue weighted by atomic mass is 16.3. The normalized spacial score (nSPS) is 14.7. The van der Waals surface area contributed by atoms with E-state index in [4.69, 9.17) is 5.11 Å². The first-order valence-corrected chi connectivity index (χ1v) is 6.27. The minimum Gasteiger partial charge on any atom is -0.390 e. The number of fused-ring (bicyclic) bond motifs is 1. The molecule has 0 radical (unpaired) electrons. The molecular weight excluding hydrogens is 226 g/mol. The quantitative estimate of drug-likeness (QED) is 0.847. The van der Waals surface area contributed by atoms with Crippen LogP contribution in [0.15, 0.2) is 24.4 Å². The van der Waals surface area contributed by atoms with E-state index in [1.807, 2.05) is 0 Å². The summed E-state index contributed by atoms with van der Waals surface area (Å²) in [6.07, 6.45) is 4.01. The molecule has 94 valence electrons. The number of aromatic nitrogens is 2. The highest BCUT2D eigenvalue weighted by Crippen LogP contribution is 2.29. The monoisotopic (exact) mass is 243 g/mol. The lowest BCUT2D eigenvalue weighted by Crippen LogP contribution is -2.24. The Labute approximate surface area is 106 Å². The average molecular weight is 243 g/mol. The molecule has 0 unspecified atom stereocenters. The van der Waals surface area contributed by atoms with Gasteiger partial charge in [0.25, 0.3) is 0 Å². The van der Waals surface area contributed by atoms with Crippen molar-refractivity contribution in [3.8, 4) is 11.4 Å². The number of benzene rings is 1. The third-order valence-corrected chi connectivity index (χ3v) is 3.50. The Bertz CT molecular complexity index is 562. The van der Waals surface area contributed by atoms with E-state index in [-0.39, 0.29) is 6.61 Å². The minimum absolute atomic E-state index is 0.000673. The van der Waals surface area contributed by atoms with Gasteiger partial charge in [-0.2, -0.15) is 0 Å². The standard InChI is InChI=1S/C14H17N3O/c1-17-6-2-3-10-7-11(4-5-13(10)17)14-15-8-12(9-18)16-14/h4-5,7-8,18H,2-3,6,9H2,1H3,(H,15,16). The van der Waals surface area contributed by atoms with Crippen LogP contribution in [-0.4, -0.2) is 28.7 Å². The summed E-state index contributed by atoms with van der Waals surface area (Å²) in [6, 6.07) is 6.44. The summed E-state index contributed by atoms with van der Waals surface area (Å²) in [7, 11) is 2.13. The Morgan fingerprint density at radius 2 is 2.33 bits per heavy atom. The second-order valence-corrected chi connectivity index (χ2v) is 4.78. The van der Waals surface area contributed by atoms with E-state index >= 15 is 0 Å². The number of aromatic amines is 1. The molecular formula is C14H17N3O. The molecule has 1 aromatic carbocycles. The van der Waals surface area contributed by atoms with Crippen molar-refractivity contribution in [3.63, 3.8) is 0 Å². The number of aliphatic hydroxyl groups is 1. The van der Waals surface area contributed by atoms with Crippen molar-refractivity contribution in [2.75, 3.05) is 18.5 Å². The molecule has 0 saturated heterocycles. The molecule has 0 saturated carbocycles. The topological polar surface area (TPSA) is 52.1 Å². The molecule has 4 nitrogen and oxygen atoms in total. The molecule has 0 atom stereocenters. The van der Waals surface area contributed by atoms with Gasteiger partial charge in [0.2, 0.25) is 0 Å². The van der Waals surface area contributed by atoms with Gasteiger partial charge in [0.15, 0.2) is 0 Å². The molecule has 0 aliphatic carbocycles. The molecule has 3 rings (SSSR count). The van der Waals surface area contributed by atoms with Gasteiger partial charge in [-0.3, -0.25) is 0 Å². The number of anilines is 1. The highest BCUT2D eigenvalue weighted by molar-refractivity contribution is 5.65. The third-order valence-electron chi connectivity index (χ3n) is 3.50. The van der Waals surface area contributed by atoms with E-state index < -0.39 is 0 Å². The summed E-state index contributed by atoms with van der Waals surface area (Å²) in [5.41, 5.74) is 4.53. The van der Waals surface area contributed by atoms with Gasteiger partial charge in [-0.15, -0.1) is 0 Å². The van der Waals surface area contributed by atoms with Crippen LogP contribution >= 0.6 is 0 Å². The zero-order valence-corrected chi connectivity index (χ0v) is 10.5. The van der Waals surface area contributed by atoms with Gasteiger partial charge in [0.1, 0.15) is 5.82 Å². The fourth-order valence-electron chi connectivity index (χ4n) is 2.52. The van der Waals surface area contributed by atoms with Crippen LogP contribution in [0, 0.1) is 0 Å². The zero-order valence-electron chi connectivity index (χ0n) is 10.5. The van der Waals surface area contributed by atoms with Crippen molar-refractivity contribution in [3.05, 3.63) is 35.7 Å². The molecule has 0 spiro atoms. The summed E-state index contributed by atoms with van der Waals surface area (Å²) < 4.78 is 0. The molecule has 18 heavy (non-hydrogen) atoms. The Morgan fingerprint density at radius 1 is 1.44 bits per heavy atom. The number of nitrogens with zero attached hydrogens (tertiary/aromatic N) is 2. The van der Waals surface area contributed by atoms with Gasteiger partial charge < -0.3 is 15.0 Å². The predicted octanol–water partition coefficient (Wildman–Crippen LogP) is 1.95. The van der Waals surface area contributed by atoms with Crippen LogP contribution in [0.25, 0.3) is 11.4 Å². The SMILES string of the molecule is CN1CCCc2cc(-c3ncc(CO)[nH]3)ccc21. The number of hydrogen-bond donors (Lipinski definition) is 2. The first-order valence-electron chi connectivity index (χ1n) is 6.27. The van der Waals surface area contributed by atoms with Gasteiger partial charge in [-0.1, -0.05) is 0 Å². The summed E-state index contributed by atoms with van der Waals surface area (Å²) in [4.78, 5) is 9.71. The second kappa shape index (κ2) is 4.46. The summed E-state index contributed by atoms with van der Waals surface area (Å²) in [5.74, 6) is 0.829. The maximum atomic E-state index is 9.05. The maximum absolute atomic E-state index is 9.05. The average Bonchev–Trinajstić information content (AvgIpc) is 2.87. The molecule has 0 bridgehead atoms. The number of nitrogens with one attached hydrogen (secondary N) is 1. The van der Waals surface area contributed by atoms with Gasteiger partial charge in [-0.05, 0) is 36.6 Å². The Balaban J connectivity index is 1.99. The van der Waals surface area contributed by atoms with Crippen molar-refractivity contribution in [1.82, 2.24) is 9.97 Å². The lowest BCUT2D eigenvalue weighted by atomic mass is 9.99. The van der Waals surface area contributed by atoms with Crippen LogP contribution in [0.2, 0.25) is 0 Å². The van der Waals surface area contributed by atoms with Crippen molar-refractivity contribution < 1.29 is 5.11 Å². The number of imidazole rings is 1. The molecule has 2 N–H and O–H groups in total. The minimum atomic E-state index is 0.000673. The molecule has 2 heterocycles. The van der Waals surface area contributed by atoms with Crippen LogP contribution in [0.3, 0.4) is 0 Å². The Morgan fingerprint density at radius 3 is 3.11 bits per heavy atom. The summed E-state index contributed by atoms with van der Waals surface area (Å²) in [6.45, 7) is 1.13. The van der Waals surface area contributed by atoms with Crippen molar-refractivity contribution in [2.45, 2.75) is 19.4 Å². The first-order chi connectivity index (χ1) is 8.78. The van der Waals surface area contributed by atoms with Gasteiger partial charge in [-0.25, -0.2) is 4.98 Å². The zero-order chi connectivity index (χ0) is 12.5. The van der Waals surface area contributed by atoms with Crippen LogP contribution < -0.4 is 4.90 Å².